The van der Waals surface area contributed by atoms with Crippen LogP contribution in [-0.4, -0.2) is 9.67 Å². The Bertz CT molecular complexity index is 2390. The van der Waals surface area contributed by atoms with E-state index in [-0.39, 0.29) is 11.3 Å². The molecule has 7 rings (SSSR count). The molecule has 1 fully saturated rings. The van der Waals surface area contributed by atoms with Crippen LogP contribution < -0.4 is 4.57 Å². The van der Waals surface area contributed by atoms with Crippen LogP contribution in [0.1, 0.15) is 116 Å². The SMILES string of the molecule is [2H]C([2H])([2H])c1ccc(-c2ccc(-c3ccc(C)c(-c4n(-c5c(C(C)C)cccc5C(C)C)cc[n+]4C)c3C)c(O)c2)cc1-c1cccc(C2([2H])CCCCC2)c1. The number of para-hydroxylation sites is 1. The maximum absolute atomic E-state index is 11.8. The van der Waals surface area contributed by atoms with E-state index >= 15 is 0 Å². The van der Waals surface area contributed by atoms with Gasteiger partial charge in [0, 0.05) is 22.2 Å². The van der Waals surface area contributed by atoms with Crippen molar-refractivity contribution in [2.45, 2.75) is 98.2 Å². The first-order valence-corrected chi connectivity index (χ1v) is 19.0. The van der Waals surface area contributed by atoms with Crippen molar-refractivity contribution in [1.82, 2.24) is 4.57 Å². The van der Waals surface area contributed by atoms with E-state index in [1.165, 1.54) is 16.8 Å². The molecule has 6 aromatic rings. The van der Waals surface area contributed by atoms with Crippen LogP contribution in [0.2, 0.25) is 0 Å². The molecule has 5 aromatic carbocycles. The average Bonchev–Trinajstić information content (AvgIpc) is 3.54. The lowest BCUT2D eigenvalue weighted by atomic mass is 9.83. The summed E-state index contributed by atoms with van der Waals surface area (Å²) in [5.41, 5.74) is 13.1. The summed E-state index contributed by atoms with van der Waals surface area (Å²) in [6.07, 6.45) is 9.14. The number of phenolic OH excluding ortho intramolecular Hbond substituents is 1. The first kappa shape index (κ1) is 30.7. The van der Waals surface area contributed by atoms with E-state index in [0.717, 1.165) is 88.0 Å². The zero-order chi connectivity index (χ0) is 40.1. The summed E-state index contributed by atoms with van der Waals surface area (Å²) < 4.78 is 38.9. The van der Waals surface area contributed by atoms with Gasteiger partial charge in [-0.05, 0) is 113 Å². The fourth-order valence-corrected chi connectivity index (χ4v) is 8.30. The number of phenols is 1. The van der Waals surface area contributed by atoms with Gasteiger partial charge in [0.05, 0.1) is 12.6 Å². The number of benzene rings is 5. The van der Waals surface area contributed by atoms with Gasteiger partial charge in [0.25, 0.3) is 5.82 Å². The second-order valence-electron chi connectivity index (χ2n) is 15.4. The molecule has 0 unspecified atom stereocenters. The normalized spacial score (nSPS) is 15.7. The zero-order valence-corrected chi connectivity index (χ0v) is 31.8. The summed E-state index contributed by atoms with van der Waals surface area (Å²) >= 11 is 0. The molecule has 0 bridgehead atoms. The third kappa shape index (κ3) is 6.62. The van der Waals surface area contributed by atoms with Gasteiger partial charge in [0.2, 0.25) is 0 Å². The van der Waals surface area contributed by atoms with Gasteiger partial charge in [-0.25, -0.2) is 4.57 Å². The molecule has 52 heavy (non-hydrogen) atoms. The van der Waals surface area contributed by atoms with Crippen LogP contribution in [0.25, 0.3) is 50.5 Å². The van der Waals surface area contributed by atoms with Crippen LogP contribution in [0.5, 0.6) is 5.75 Å². The van der Waals surface area contributed by atoms with Gasteiger partial charge in [-0.3, -0.25) is 0 Å². The molecule has 0 radical (unpaired) electrons. The van der Waals surface area contributed by atoms with Crippen LogP contribution >= 0.6 is 0 Å². The van der Waals surface area contributed by atoms with Crippen LogP contribution in [-0.2, 0) is 7.05 Å². The van der Waals surface area contributed by atoms with Crippen LogP contribution in [0.3, 0.4) is 0 Å². The van der Waals surface area contributed by atoms with Gasteiger partial charge in [0.1, 0.15) is 23.8 Å². The molecule has 1 saturated carbocycles. The summed E-state index contributed by atoms with van der Waals surface area (Å²) in [6.45, 7) is 11.0. The highest BCUT2D eigenvalue weighted by Gasteiger charge is 2.29. The Balaban J connectivity index is 1.31. The van der Waals surface area contributed by atoms with Crippen molar-refractivity contribution < 1.29 is 15.2 Å². The van der Waals surface area contributed by atoms with E-state index in [1.54, 1.807) is 12.1 Å². The number of rotatable bonds is 8. The molecular weight excluding hydrogens is 633 g/mol. The van der Waals surface area contributed by atoms with Gasteiger partial charge in [-0.15, -0.1) is 0 Å². The minimum atomic E-state index is -2.32. The van der Waals surface area contributed by atoms with E-state index in [2.05, 4.69) is 100 Å². The van der Waals surface area contributed by atoms with Gasteiger partial charge < -0.3 is 5.11 Å². The topological polar surface area (TPSA) is 29.0 Å². The van der Waals surface area contributed by atoms with E-state index in [4.69, 9.17) is 4.11 Å². The monoisotopic (exact) mass is 691 g/mol. The number of aromatic hydroxyl groups is 1. The largest absolute Gasteiger partial charge is 0.507 e. The van der Waals surface area contributed by atoms with E-state index in [0.29, 0.717) is 17.4 Å². The molecule has 1 N–H and O–H groups in total. The van der Waals surface area contributed by atoms with Crippen LogP contribution in [0.4, 0.5) is 0 Å². The molecule has 3 nitrogen and oxygen atoms in total. The molecule has 0 spiro atoms. The Morgan fingerprint density at radius 2 is 1.38 bits per heavy atom. The predicted molar refractivity (Wildman–Crippen MR) is 219 cm³/mol. The lowest BCUT2D eigenvalue weighted by Crippen LogP contribution is -2.30. The number of aryl methyl sites for hydroxylation is 3. The van der Waals surface area contributed by atoms with Crippen molar-refractivity contribution in [2.75, 3.05) is 0 Å². The first-order valence-electron chi connectivity index (χ1n) is 21.0. The smallest absolute Gasteiger partial charge is 0.294 e. The fraction of sp³-hybridized carbons (Fsp3) is 0.327. The zero-order valence-electron chi connectivity index (χ0n) is 35.8. The summed E-state index contributed by atoms with van der Waals surface area (Å²) in [7, 11) is 2.10. The average molecular weight is 692 g/mol. The minimum absolute atomic E-state index is 0.157. The molecule has 266 valence electrons. The van der Waals surface area contributed by atoms with Gasteiger partial charge >= 0.3 is 0 Å². The van der Waals surface area contributed by atoms with Crippen molar-refractivity contribution in [3.05, 3.63) is 137 Å². The fourth-order valence-electron chi connectivity index (χ4n) is 8.30. The maximum atomic E-state index is 11.8. The Morgan fingerprint density at radius 1 is 0.731 bits per heavy atom. The van der Waals surface area contributed by atoms with Crippen molar-refractivity contribution in [3.8, 4) is 56.2 Å². The van der Waals surface area contributed by atoms with Crippen molar-refractivity contribution in [1.29, 1.82) is 0 Å². The quantitative estimate of drug-likeness (QED) is 0.158. The van der Waals surface area contributed by atoms with Crippen molar-refractivity contribution >= 4 is 0 Å². The molecule has 1 aliphatic rings. The highest BCUT2D eigenvalue weighted by atomic mass is 16.3. The molecule has 0 saturated heterocycles. The molecule has 0 amide bonds. The van der Waals surface area contributed by atoms with E-state index in [9.17, 15) is 6.48 Å². The molecule has 1 aliphatic carbocycles. The summed E-state index contributed by atoms with van der Waals surface area (Å²) in [5, 5.41) is 11.8. The van der Waals surface area contributed by atoms with Crippen LogP contribution in [0, 0.1) is 20.7 Å². The van der Waals surface area contributed by atoms with Gasteiger partial charge in [0.15, 0.2) is 0 Å². The molecule has 3 heteroatoms. The molecule has 0 aliphatic heterocycles. The third-order valence-corrected chi connectivity index (χ3v) is 11.2. The number of hydrogen-bond donors (Lipinski definition) is 1. The second kappa shape index (κ2) is 14.6. The third-order valence-electron chi connectivity index (χ3n) is 11.2. The Morgan fingerprint density at radius 3 is 2.08 bits per heavy atom. The molecule has 0 atom stereocenters. The summed E-state index contributed by atoms with van der Waals surface area (Å²) in [4.78, 5) is 0. The van der Waals surface area contributed by atoms with E-state index in [1.807, 2.05) is 48.5 Å². The predicted octanol–water partition coefficient (Wildman–Crippen LogP) is 12.9. The Hall–Kier alpha value is -4.89. The minimum Gasteiger partial charge on any atom is -0.507 e. The summed E-state index contributed by atoms with van der Waals surface area (Å²) in [5.74, 6) is 1.27. The van der Waals surface area contributed by atoms with Gasteiger partial charge in [-0.1, -0.05) is 126 Å². The molecule has 1 heterocycles. The van der Waals surface area contributed by atoms with Gasteiger partial charge in [-0.2, -0.15) is 4.57 Å². The standard InChI is InChI=1S/C49H54N2O/c1-31(2)41-18-13-19-42(32(3)4)48(41)51-27-26-50(8)49(51)47-34(6)21-24-43(35(47)7)44-25-23-39(30-46(44)52)38-22-20-33(5)45(29-38)40-17-12-16-37(28-40)36-14-10-9-11-15-36/h12-13,16-32,36H,9-11,14-15H2,1-8H3/p+1/i5D3,36D. The highest BCUT2D eigenvalue weighted by Crippen LogP contribution is 2.42. The van der Waals surface area contributed by atoms with Crippen molar-refractivity contribution in [3.63, 3.8) is 0 Å². The Labute approximate surface area is 317 Å². The van der Waals surface area contributed by atoms with Crippen molar-refractivity contribution in [2.24, 2.45) is 7.05 Å². The first-order chi connectivity index (χ1) is 26.6. The second-order valence-corrected chi connectivity index (χ2v) is 15.4. The number of aromatic nitrogens is 2. The number of nitrogens with zero attached hydrogens (tertiary/aromatic N) is 2. The van der Waals surface area contributed by atoms with Crippen LogP contribution in [0.15, 0.2) is 103 Å². The lowest BCUT2D eigenvalue weighted by molar-refractivity contribution is -0.659. The highest BCUT2D eigenvalue weighted by molar-refractivity contribution is 5.84. The maximum Gasteiger partial charge on any atom is 0.294 e. The lowest BCUT2D eigenvalue weighted by Gasteiger charge is -2.22. The number of hydrogen-bond acceptors (Lipinski definition) is 1. The number of imidazole rings is 1. The molecular formula is C49H55N2O+. The Kier molecular flexibility index (Phi) is 8.63. The van der Waals surface area contributed by atoms with E-state index < -0.39 is 12.7 Å². The summed E-state index contributed by atoms with van der Waals surface area (Å²) in [6, 6.07) is 30.1. The molecule has 1 aromatic heterocycles.